The first-order chi connectivity index (χ1) is 11.6. The fourth-order valence-electron chi connectivity index (χ4n) is 2.37. The van der Waals surface area contributed by atoms with Crippen LogP contribution in [0.4, 0.5) is 5.69 Å². The molecule has 0 bridgehead atoms. The molecule has 0 aromatic heterocycles. The third-order valence-electron chi connectivity index (χ3n) is 3.75. The zero-order valence-corrected chi connectivity index (χ0v) is 14.3. The van der Waals surface area contributed by atoms with Crippen molar-refractivity contribution in [1.82, 2.24) is 5.32 Å². The highest BCUT2D eigenvalue weighted by atomic mass is 35.5. The molecule has 0 heterocycles. The second-order valence-corrected chi connectivity index (χ2v) is 5.88. The lowest BCUT2D eigenvalue weighted by Gasteiger charge is -2.23. The fourth-order valence-corrected chi connectivity index (χ4v) is 2.50. The van der Waals surface area contributed by atoms with E-state index >= 15 is 0 Å². The highest BCUT2D eigenvalue weighted by Crippen LogP contribution is 2.17. The van der Waals surface area contributed by atoms with E-state index in [1.54, 1.807) is 4.90 Å². The second-order valence-electron chi connectivity index (χ2n) is 5.44. The Kier molecular flexibility index (Phi) is 6.80. The number of amides is 1. The summed E-state index contributed by atoms with van der Waals surface area (Å²) in [4.78, 5) is 14.2. The van der Waals surface area contributed by atoms with Gasteiger partial charge in [0.2, 0.25) is 5.91 Å². The van der Waals surface area contributed by atoms with Crippen molar-refractivity contribution in [2.75, 3.05) is 18.0 Å². The first-order valence-electron chi connectivity index (χ1n) is 7.83. The number of hydrogen-bond donors (Lipinski definition) is 1. The zero-order chi connectivity index (χ0) is 17.4. The van der Waals surface area contributed by atoms with Crippen molar-refractivity contribution in [1.29, 1.82) is 5.26 Å². The maximum atomic E-state index is 12.6. The van der Waals surface area contributed by atoms with Gasteiger partial charge in [-0.1, -0.05) is 41.9 Å². The van der Waals surface area contributed by atoms with Crippen molar-refractivity contribution in [2.24, 2.45) is 0 Å². The molecule has 0 aliphatic carbocycles. The van der Waals surface area contributed by atoms with Crippen molar-refractivity contribution < 1.29 is 4.79 Å². The Balaban J connectivity index is 1.99. The Labute approximate surface area is 147 Å². The normalized spacial score (nSPS) is 11.5. The maximum absolute atomic E-state index is 12.6. The van der Waals surface area contributed by atoms with Crippen LogP contribution in [-0.4, -0.2) is 19.0 Å². The molecule has 124 valence electrons. The number of carbonyl (C=O) groups excluding carboxylic acids is 1. The lowest BCUT2D eigenvalue weighted by atomic mass is 10.1. The molecule has 0 aliphatic rings. The number of carbonyl (C=O) groups is 1. The third kappa shape index (κ3) is 5.09. The van der Waals surface area contributed by atoms with Crippen LogP contribution in [0.2, 0.25) is 5.02 Å². The SMILES string of the molecule is CC(NCC(=O)N(CCC#N)c1ccccc1)c1ccc(Cl)cc1. The van der Waals surface area contributed by atoms with Crippen LogP contribution in [0.1, 0.15) is 24.9 Å². The molecule has 0 spiro atoms. The highest BCUT2D eigenvalue weighted by molar-refractivity contribution is 6.30. The number of anilines is 1. The summed E-state index contributed by atoms with van der Waals surface area (Å²) in [5.74, 6) is -0.0581. The third-order valence-corrected chi connectivity index (χ3v) is 4.00. The highest BCUT2D eigenvalue weighted by Gasteiger charge is 2.16. The van der Waals surface area contributed by atoms with E-state index < -0.39 is 0 Å². The fraction of sp³-hybridized carbons (Fsp3) is 0.263. The molecule has 24 heavy (non-hydrogen) atoms. The number of rotatable bonds is 7. The van der Waals surface area contributed by atoms with Crippen molar-refractivity contribution in [2.45, 2.75) is 19.4 Å². The minimum absolute atomic E-state index is 0.0276. The van der Waals surface area contributed by atoms with Gasteiger partial charge < -0.3 is 10.2 Å². The van der Waals surface area contributed by atoms with Gasteiger partial charge in [-0.15, -0.1) is 0 Å². The average Bonchev–Trinajstić information content (AvgIpc) is 2.61. The topological polar surface area (TPSA) is 56.1 Å². The van der Waals surface area contributed by atoms with Crippen molar-refractivity contribution in [3.63, 3.8) is 0 Å². The van der Waals surface area contributed by atoms with E-state index in [2.05, 4.69) is 11.4 Å². The standard InChI is InChI=1S/C19H20ClN3O/c1-15(16-8-10-17(20)11-9-16)22-14-19(24)23(13-5-12-21)18-6-3-2-4-7-18/h2-4,6-11,15,22H,5,13-14H2,1H3. The molecule has 1 amide bonds. The van der Waals surface area contributed by atoms with E-state index in [1.807, 2.05) is 61.5 Å². The molecule has 1 N–H and O–H groups in total. The number of hydrogen-bond acceptors (Lipinski definition) is 3. The van der Waals surface area contributed by atoms with Gasteiger partial charge in [0.15, 0.2) is 0 Å². The average molecular weight is 342 g/mol. The van der Waals surface area contributed by atoms with Crippen LogP contribution in [0.3, 0.4) is 0 Å². The molecule has 2 rings (SSSR count). The van der Waals surface area contributed by atoms with Gasteiger partial charge >= 0.3 is 0 Å². The number of nitrogens with one attached hydrogen (secondary N) is 1. The van der Waals surface area contributed by atoms with Gasteiger partial charge in [0.25, 0.3) is 0 Å². The number of nitriles is 1. The van der Waals surface area contributed by atoms with Gasteiger partial charge in [0, 0.05) is 23.3 Å². The molecule has 5 heteroatoms. The molecule has 0 saturated heterocycles. The molecule has 4 nitrogen and oxygen atoms in total. The predicted octanol–water partition coefficient (Wildman–Crippen LogP) is 3.94. The zero-order valence-electron chi connectivity index (χ0n) is 13.6. The van der Waals surface area contributed by atoms with Gasteiger partial charge in [-0.05, 0) is 36.8 Å². The van der Waals surface area contributed by atoms with E-state index in [0.29, 0.717) is 18.0 Å². The number of nitrogens with zero attached hydrogens (tertiary/aromatic N) is 2. The van der Waals surface area contributed by atoms with Crippen LogP contribution in [0.5, 0.6) is 0 Å². The van der Waals surface area contributed by atoms with Crippen LogP contribution < -0.4 is 10.2 Å². The van der Waals surface area contributed by atoms with Crippen LogP contribution >= 0.6 is 11.6 Å². The quantitative estimate of drug-likeness (QED) is 0.830. The van der Waals surface area contributed by atoms with Crippen molar-refractivity contribution >= 4 is 23.2 Å². The minimum Gasteiger partial charge on any atom is -0.310 e. The Hall–Kier alpha value is -2.35. The van der Waals surface area contributed by atoms with Crippen LogP contribution in [0, 0.1) is 11.3 Å². The molecule has 2 aromatic carbocycles. The summed E-state index contributed by atoms with van der Waals surface area (Å²) in [6, 6.07) is 19.1. The van der Waals surface area contributed by atoms with E-state index in [-0.39, 0.29) is 18.5 Å². The molecule has 0 aliphatic heterocycles. The van der Waals surface area contributed by atoms with E-state index in [9.17, 15) is 4.79 Å². The van der Waals surface area contributed by atoms with Gasteiger partial charge in [-0.2, -0.15) is 5.26 Å². The minimum atomic E-state index is -0.0581. The molecule has 0 radical (unpaired) electrons. The lowest BCUT2D eigenvalue weighted by Crippen LogP contribution is -2.39. The molecule has 2 aromatic rings. The number of para-hydroxylation sites is 1. The first-order valence-corrected chi connectivity index (χ1v) is 8.21. The Morgan fingerprint density at radius 3 is 2.50 bits per heavy atom. The molecular formula is C19H20ClN3O. The second kappa shape index (κ2) is 9.07. The molecule has 0 fully saturated rings. The van der Waals surface area contributed by atoms with E-state index in [0.717, 1.165) is 11.3 Å². The van der Waals surface area contributed by atoms with E-state index in [4.69, 9.17) is 16.9 Å². The smallest absolute Gasteiger partial charge is 0.240 e. The van der Waals surface area contributed by atoms with Crippen LogP contribution in [-0.2, 0) is 4.79 Å². The Morgan fingerprint density at radius 2 is 1.88 bits per heavy atom. The largest absolute Gasteiger partial charge is 0.310 e. The molecule has 1 unspecified atom stereocenters. The summed E-state index contributed by atoms with van der Waals surface area (Å²) in [6.45, 7) is 2.58. The Bertz CT molecular complexity index is 695. The van der Waals surface area contributed by atoms with Crippen molar-refractivity contribution in [3.8, 4) is 6.07 Å². The van der Waals surface area contributed by atoms with Gasteiger partial charge in [0.1, 0.15) is 0 Å². The summed E-state index contributed by atoms with van der Waals surface area (Å²) < 4.78 is 0. The predicted molar refractivity (Wildman–Crippen MR) is 96.9 cm³/mol. The lowest BCUT2D eigenvalue weighted by molar-refractivity contribution is -0.117. The maximum Gasteiger partial charge on any atom is 0.240 e. The summed E-state index contributed by atoms with van der Waals surface area (Å²) in [5.41, 5.74) is 1.87. The molecule has 0 saturated carbocycles. The molecule has 1 atom stereocenters. The number of halogens is 1. The first kappa shape index (κ1) is 18.0. The van der Waals surface area contributed by atoms with Gasteiger partial charge in [0.05, 0.1) is 19.0 Å². The monoisotopic (exact) mass is 341 g/mol. The Morgan fingerprint density at radius 1 is 1.21 bits per heavy atom. The van der Waals surface area contributed by atoms with Gasteiger partial charge in [-0.3, -0.25) is 4.79 Å². The van der Waals surface area contributed by atoms with E-state index in [1.165, 1.54) is 0 Å². The summed E-state index contributed by atoms with van der Waals surface area (Å²) in [6.07, 6.45) is 0.299. The summed E-state index contributed by atoms with van der Waals surface area (Å²) >= 11 is 5.89. The summed E-state index contributed by atoms with van der Waals surface area (Å²) in [5, 5.41) is 12.7. The van der Waals surface area contributed by atoms with Crippen molar-refractivity contribution in [3.05, 3.63) is 65.2 Å². The number of benzene rings is 2. The van der Waals surface area contributed by atoms with Gasteiger partial charge in [-0.25, -0.2) is 0 Å². The molecular weight excluding hydrogens is 322 g/mol. The summed E-state index contributed by atoms with van der Waals surface area (Å²) in [7, 11) is 0. The van der Waals surface area contributed by atoms with Crippen LogP contribution in [0.15, 0.2) is 54.6 Å². The van der Waals surface area contributed by atoms with Crippen LogP contribution in [0.25, 0.3) is 0 Å².